The van der Waals surface area contributed by atoms with E-state index >= 15 is 0 Å². The molecule has 0 radical (unpaired) electrons. The fraction of sp³-hybridized carbons (Fsp3) is 0.600. The fourth-order valence-electron chi connectivity index (χ4n) is 1.93. The van der Waals surface area contributed by atoms with Crippen LogP contribution in [0.1, 0.15) is 27.2 Å². The number of likely N-dealkylation sites (N-methyl/N-ethyl adjacent to an activating group) is 1. The van der Waals surface area contributed by atoms with E-state index in [0.29, 0.717) is 17.5 Å². The molecular formula is C15H27N3O2S. The van der Waals surface area contributed by atoms with Crippen LogP contribution in [0, 0.1) is 0 Å². The van der Waals surface area contributed by atoms with Crippen LogP contribution in [-0.4, -0.2) is 46.0 Å². The van der Waals surface area contributed by atoms with Gasteiger partial charge < -0.3 is 10.2 Å². The molecule has 0 fully saturated rings. The quantitative estimate of drug-likeness (QED) is 0.733. The Bertz CT molecular complexity index is 514. The zero-order valence-corrected chi connectivity index (χ0v) is 14.2. The summed E-state index contributed by atoms with van der Waals surface area (Å²) in [6.07, 6.45) is 1.13. The standard InChI is InChI=1S/C15H27N3O2S/c1-5-13(3)18(4)12-11-16-14-7-9-15(10-8-14)21(19,20)17-6-2/h7-10,13,16-17H,5-6,11-12H2,1-4H3. The molecule has 0 saturated heterocycles. The van der Waals surface area contributed by atoms with E-state index in [9.17, 15) is 8.42 Å². The lowest BCUT2D eigenvalue weighted by Crippen LogP contribution is -2.32. The van der Waals surface area contributed by atoms with Crippen LogP contribution in [0.4, 0.5) is 5.69 Å². The Hall–Kier alpha value is -1.11. The van der Waals surface area contributed by atoms with Gasteiger partial charge in [-0.3, -0.25) is 0 Å². The van der Waals surface area contributed by atoms with E-state index in [0.717, 1.165) is 25.2 Å². The lowest BCUT2D eigenvalue weighted by Gasteiger charge is -2.23. The molecular weight excluding hydrogens is 286 g/mol. The Labute approximate surface area is 128 Å². The smallest absolute Gasteiger partial charge is 0.240 e. The lowest BCUT2D eigenvalue weighted by atomic mass is 10.2. The zero-order valence-electron chi connectivity index (χ0n) is 13.4. The summed E-state index contributed by atoms with van der Waals surface area (Å²) in [5.74, 6) is 0. The molecule has 1 rings (SSSR count). The van der Waals surface area contributed by atoms with Crippen molar-refractivity contribution in [3.05, 3.63) is 24.3 Å². The van der Waals surface area contributed by atoms with Gasteiger partial charge in [-0.05, 0) is 44.7 Å². The fourth-order valence-corrected chi connectivity index (χ4v) is 2.98. The number of anilines is 1. The average molecular weight is 313 g/mol. The van der Waals surface area contributed by atoms with Crippen molar-refractivity contribution >= 4 is 15.7 Å². The van der Waals surface area contributed by atoms with Crippen LogP contribution in [0.2, 0.25) is 0 Å². The molecule has 0 spiro atoms. The van der Waals surface area contributed by atoms with Gasteiger partial charge in [0.25, 0.3) is 0 Å². The van der Waals surface area contributed by atoms with Crippen LogP contribution in [0.25, 0.3) is 0 Å². The number of benzene rings is 1. The second-order valence-electron chi connectivity index (χ2n) is 5.19. The first-order valence-electron chi connectivity index (χ1n) is 7.44. The maximum absolute atomic E-state index is 11.8. The molecule has 0 aliphatic carbocycles. The molecule has 6 heteroatoms. The van der Waals surface area contributed by atoms with E-state index in [1.807, 2.05) is 0 Å². The normalized spacial score (nSPS) is 13.4. The first kappa shape index (κ1) is 17.9. The maximum atomic E-state index is 11.8. The number of nitrogens with one attached hydrogen (secondary N) is 2. The van der Waals surface area contributed by atoms with Gasteiger partial charge >= 0.3 is 0 Å². The largest absolute Gasteiger partial charge is 0.384 e. The highest BCUT2D eigenvalue weighted by Crippen LogP contribution is 2.13. The maximum Gasteiger partial charge on any atom is 0.240 e. The summed E-state index contributed by atoms with van der Waals surface area (Å²) in [5, 5.41) is 3.31. The molecule has 2 N–H and O–H groups in total. The molecule has 120 valence electrons. The van der Waals surface area contributed by atoms with Gasteiger partial charge in [-0.25, -0.2) is 13.1 Å². The number of nitrogens with zero attached hydrogens (tertiary/aromatic N) is 1. The van der Waals surface area contributed by atoms with Crippen LogP contribution in [0.3, 0.4) is 0 Å². The van der Waals surface area contributed by atoms with Crippen LogP contribution in [0.5, 0.6) is 0 Å². The third kappa shape index (κ3) is 5.65. The van der Waals surface area contributed by atoms with Crippen molar-refractivity contribution in [2.45, 2.75) is 38.1 Å². The molecule has 1 atom stereocenters. The van der Waals surface area contributed by atoms with Crippen LogP contribution in [0.15, 0.2) is 29.2 Å². The molecule has 0 bridgehead atoms. The van der Waals surface area contributed by atoms with Gasteiger partial charge in [0.1, 0.15) is 0 Å². The Morgan fingerprint density at radius 1 is 1.19 bits per heavy atom. The van der Waals surface area contributed by atoms with Gasteiger partial charge in [-0.15, -0.1) is 0 Å². The molecule has 1 aromatic rings. The summed E-state index contributed by atoms with van der Waals surface area (Å²) in [6, 6.07) is 7.41. The summed E-state index contributed by atoms with van der Waals surface area (Å²) in [6.45, 7) is 8.33. The van der Waals surface area contributed by atoms with Gasteiger partial charge in [0.15, 0.2) is 0 Å². The molecule has 0 aromatic heterocycles. The molecule has 1 unspecified atom stereocenters. The summed E-state index contributed by atoms with van der Waals surface area (Å²) in [4.78, 5) is 2.60. The number of hydrogen-bond acceptors (Lipinski definition) is 4. The minimum absolute atomic E-state index is 0.298. The van der Waals surface area contributed by atoms with Gasteiger partial charge in [-0.1, -0.05) is 13.8 Å². The van der Waals surface area contributed by atoms with Crippen molar-refractivity contribution in [2.75, 3.05) is 32.0 Å². The van der Waals surface area contributed by atoms with Crippen molar-refractivity contribution in [3.8, 4) is 0 Å². The van der Waals surface area contributed by atoms with Gasteiger partial charge in [0, 0.05) is 31.4 Å². The predicted octanol–water partition coefficient (Wildman–Crippen LogP) is 2.13. The number of rotatable bonds is 9. The number of hydrogen-bond donors (Lipinski definition) is 2. The molecule has 0 aliphatic rings. The second kappa shape index (κ2) is 8.36. The van der Waals surface area contributed by atoms with Gasteiger partial charge in [0.2, 0.25) is 10.0 Å². The first-order chi connectivity index (χ1) is 9.90. The molecule has 0 amide bonds. The highest BCUT2D eigenvalue weighted by molar-refractivity contribution is 7.89. The molecule has 0 aliphatic heterocycles. The lowest BCUT2D eigenvalue weighted by molar-refractivity contribution is 0.261. The first-order valence-corrected chi connectivity index (χ1v) is 8.92. The summed E-state index contributed by atoms with van der Waals surface area (Å²) in [5.41, 5.74) is 0.933. The van der Waals surface area contributed by atoms with E-state index in [1.54, 1.807) is 31.2 Å². The van der Waals surface area contributed by atoms with Crippen molar-refractivity contribution in [1.82, 2.24) is 9.62 Å². The average Bonchev–Trinajstić information content (AvgIpc) is 2.46. The highest BCUT2D eigenvalue weighted by Gasteiger charge is 2.11. The van der Waals surface area contributed by atoms with E-state index in [4.69, 9.17) is 0 Å². The molecule has 5 nitrogen and oxygen atoms in total. The Balaban J connectivity index is 2.52. The Morgan fingerprint density at radius 2 is 1.81 bits per heavy atom. The van der Waals surface area contributed by atoms with Crippen molar-refractivity contribution in [1.29, 1.82) is 0 Å². The summed E-state index contributed by atoms with van der Waals surface area (Å²) in [7, 11) is -1.25. The predicted molar refractivity (Wildman–Crippen MR) is 88.2 cm³/mol. The molecule has 1 aromatic carbocycles. The van der Waals surface area contributed by atoms with E-state index in [-0.39, 0.29) is 0 Å². The van der Waals surface area contributed by atoms with Crippen LogP contribution in [-0.2, 0) is 10.0 Å². The van der Waals surface area contributed by atoms with Crippen molar-refractivity contribution in [3.63, 3.8) is 0 Å². The molecule has 0 saturated carbocycles. The Kier molecular flexibility index (Phi) is 7.14. The summed E-state index contributed by atoms with van der Waals surface area (Å²) >= 11 is 0. The van der Waals surface area contributed by atoms with Crippen LogP contribution < -0.4 is 10.0 Å². The SMILES string of the molecule is CCNS(=O)(=O)c1ccc(NCCN(C)C(C)CC)cc1. The summed E-state index contributed by atoms with van der Waals surface area (Å²) < 4.78 is 26.1. The highest BCUT2D eigenvalue weighted by atomic mass is 32.2. The molecule has 21 heavy (non-hydrogen) atoms. The Morgan fingerprint density at radius 3 is 2.33 bits per heavy atom. The van der Waals surface area contributed by atoms with E-state index < -0.39 is 10.0 Å². The number of sulfonamides is 1. The third-order valence-corrected chi connectivity index (χ3v) is 5.20. The van der Waals surface area contributed by atoms with Crippen LogP contribution >= 0.6 is 0 Å². The topological polar surface area (TPSA) is 61.4 Å². The third-order valence-electron chi connectivity index (χ3n) is 3.64. The van der Waals surface area contributed by atoms with Gasteiger partial charge in [-0.2, -0.15) is 0 Å². The van der Waals surface area contributed by atoms with Crippen molar-refractivity contribution < 1.29 is 8.42 Å². The second-order valence-corrected chi connectivity index (χ2v) is 6.96. The zero-order chi connectivity index (χ0) is 15.9. The van der Waals surface area contributed by atoms with Gasteiger partial charge in [0.05, 0.1) is 4.90 Å². The minimum Gasteiger partial charge on any atom is -0.384 e. The van der Waals surface area contributed by atoms with Crippen molar-refractivity contribution in [2.24, 2.45) is 0 Å². The monoisotopic (exact) mass is 313 g/mol. The molecule has 0 heterocycles. The van der Waals surface area contributed by atoms with E-state index in [1.165, 1.54) is 0 Å². The minimum atomic E-state index is -3.36. The van der Waals surface area contributed by atoms with E-state index in [2.05, 4.69) is 35.8 Å².